The molecule has 35 heavy (non-hydrogen) atoms. The lowest BCUT2D eigenvalue weighted by Crippen LogP contribution is -2.37. The van der Waals surface area contributed by atoms with Crippen LogP contribution in [0, 0.1) is 29.1 Å². The number of ether oxygens (including phenoxy) is 1. The number of Topliss-reactive ketones (excluding diaryl/α,β-unsaturated/α-hetero) is 3. The van der Waals surface area contributed by atoms with Crippen LogP contribution in [0.1, 0.15) is 72.6 Å². The smallest absolute Gasteiger partial charge is 0.229 e. The lowest BCUT2D eigenvalue weighted by molar-refractivity contribution is -0.136. The van der Waals surface area contributed by atoms with Crippen molar-refractivity contribution in [3.05, 3.63) is 58.7 Å². The van der Waals surface area contributed by atoms with Gasteiger partial charge in [0.1, 0.15) is 5.78 Å². The molecule has 4 nitrogen and oxygen atoms in total. The Hall–Kier alpha value is -2.33. The lowest BCUT2D eigenvalue weighted by atomic mass is 9.66. The van der Waals surface area contributed by atoms with Gasteiger partial charge in [0.25, 0.3) is 0 Å². The first kappa shape index (κ1) is 25.8. The number of carbonyl (C=O) groups is 3. The highest BCUT2D eigenvalue weighted by Crippen LogP contribution is 2.46. The quantitative estimate of drug-likeness (QED) is 0.387. The Labute approximate surface area is 210 Å². The minimum absolute atomic E-state index is 0.00950. The molecule has 0 heterocycles. The summed E-state index contributed by atoms with van der Waals surface area (Å²) >= 11 is 0. The fraction of sp³-hybridized carbons (Fsp3) is 0.581. The summed E-state index contributed by atoms with van der Waals surface area (Å²) in [4.78, 5) is 38.9. The van der Waals surface area contributed by atoms with Crippen LogP contribution >= 0.6 is 0 Å². The topological polar surface area (TPSA) is 60.4 Å². The van der Waals surface area contributed by atoms with Crippen molar-refractivity contribution in [3.63, 3.8) is 0 Å². The highest BCUT2D eigenvalue weighted by molar-refractivity contribution is 6.45. The Morgan fingerprint density at radius 3 is 2.43 bits per heavy atom. The zero-order chi connectivity index (χ0) is 25.3. The second-order valence-corrected chi connectivity index (χ2v) is 11.7. The summed E-state index contributed by atoms with van der Waals surface area (Å²) in [6, 6.07) is 0. The molecule has 0 saturated heterocycles. The van der Waals surface area contributed by atoms with E-state index in [2.05, 4.69) is 32.1 Å². The number of hydrogen-bond donors (Lipinski definition) is 0. The molecule has 3 atom stereocenters. The summed E-state index contributed by atoms with van der Waals surface area (Å²) in [6.45, 7) is 8.10. The van der Waals surface area contributed by atoms with Crippen LogP contribution in [0.2, 0.25) is 0 Å². The first-order valence-corrected chi connectivity index (χ1v) is 13.3. The largest absolute Gasteiger partial charge is 0.376 e. The predicted molar refractivity (Wildman–Crippen MR) is 139 cm³/mol. The lowest BCUT2D eigenvalue weighted by Gasteiger charge is -2.39. The van der Waals surface area contributed by atoms with E-state index in [0.717, 1.165) is 49.7 Å². The van der Waals surface area contributed by atoms with Gasteiger partial charge in [0.05, 0.1) is 12.0 Å². The third kappa shape index (κ3) is 5.43. The van der Waals surface area contributed by atoms with E-state index in [-0.39, 0.29) is 34.9 Å². The second kappa shape index (κ2) is 10.3. The third-order valence-electron chi connectivity index (χ3n) is 8.44. The fourth-order valence-corrected chi connectivity index (χ4v) is 6.05. The SMILES string of the molecule is COC1C=C2CC=C(C(=O)C(=O)C(C)C)C2=CC1C(=O)C1CCC(C)(CC2=CCC(C)C=C2)CC1. The molecule has 3 unspecified atom stereocenters. The van der Waals surface area contributed by atoms with Crippen LogP contribution in [0.15, 0.2) is 58.7 Å². The minimum Gasteiger partial charge on any atom is -0.376 e. The monoisotopic (exact) mass is 476 g/mol. The maximum Gasteiger partial charge on any atom is 0.229 e. The summed E-state index contributed by atoms with van der Waals surface area (Å²) in [6.07, 6.45) is 19.1. The van der Waals surface area contributed by atoms with Crippen LogP contribution in [0.25, 0.3) is 0 Å². The van der Waals surface area contributed by atoms with E-state index >= 15 is 0 Å². The van der Waals surface area contributed by atoms with Gasteiger partial charge in [0, 0.05) is 24.5 Å². The molecular weight excluding hydrogens is 436 g/mol. The van der Waals surface area contributed by atoms with Gasteiger partial charge < -0.3 is 4.74 Å². The van der Waals surface area contributed by atoms with E-state index in [1.54, 1.807) is 21.0 Å². The third-order valence-corrected chi connectivity index (χ3v) is 8.44. The van der Waals surface area contributed by atoms with E-state index in [1.807, 2.05) is 18.2 Å². The van der Waals surface area contributed by atoms with Gasteiger partial charge >= 0.3 is 0 Å². The van der Waals surface area contributed by atoms with Gasteiger partial charge in [-0.25, -0.2) is 0 Å². The molecule has 0 amide bonds. The number of methoxy groups -OCH3 is 1. The van der Waals surface area contributed by atoms with Crippen LogP contribution in [0.3, 0.4) is 0 Å². The number of ketones is 3. The van der Waals surface area contributed by atoms with Crippen molar-refractivity contribution < 1.29 is 19.1 Å². The van der Waals surface area contributed by atoms with Crippen molar-refractivity contribution in [2.24, 2.45) is 29.1 Å². The second-order valence-electron chi connectivity index (χ2n) is 11.7. The Morgan fingerprint density at radius 1 is 1.11 bits per heavy atom. The maximum absolute atomic E-state index is 13.7. The van der Waals surface area contributed by atoms with Crippen LogP contribution < -0.4 is 0 Å². The average Bonchev–Trinajstić information content (AvgIpc) is 3.26. The molecule has 0 bridgehead atoms. The Bertz CT molecular complexity index is 1040. The predicted octanol–water partition coefficient (Wildman–Crippen LogP) is 6.29. The molecule has 0 radical (unpaired) electrons. The zero-order valence-corrected chi connectivity index (χ0v) is 21.9. The van der Waals surface area contributed by atoms with Gasteiger partial charge in [-0.1, -0.05) is 69.7 Å². The van der Waals surface area contributed by atoms with E-state index in [9.17, 15) is 14.4 Å². The van der Waals surface area contributed by atoms with E-state index in [4.69, 9.17) is 4.74 Å². The molecule has 0 spiro atoms. The average molecular weight is 477 g/mol. The van der Waals surface area contributed by atoms with Crippen molar-refractivity contribution in [1.29, 1.82) is 0 Å². The summed E-state index contributed by atoms with van der Waals surface area (Å²) in [5.41, 5.74) is 3.88. The van der Waals surface area contributed by atoms with Crippen molar-refractivity contribution in [2.45, 2.75) is 78.7 Å². The van der Waals surface area contributed by atoms with Gasteiger partial charge in [-0.15, -0.1) is 0 Å². The number of hydrogen-bond acceptors (Lipinski definition) is 4. The molecule has 1 saturated carbocycles. The molecule has 0 aromatic heterocycles. The highest BCUT2D eigenvalue weighted by Gasteiger charge is 2.41. The summed E-state index contributed by atoms with van der Waals surface area (Å²) in [5, 5.41) is 0. The van der Waals surface area contributed by atoms with Crippen molar-refractivity contribution >= 4 is 17.3 Å². The summed E-state index contributed by atoms with van der Waals surface area (Å²) < 4.78 is 5.72. The van der Waals surface area contributed by atoms with Crippen LogP contribution in [-0.4, -0.2) is 30.6 Å². The van der Waals surface area contributed by atoms with Gasteiger partial charge in [0.15, 0.2) is 0 Å². The fourth-order valence-electron chi connectivity index (χ4n) is 6.05. The molecule has 4 aliphatic rings. The highest BCUT2D eigenvalue weighted by atomic mass is 16.5. The van der Waals surface area contributed by atoms with Gasteiger partial charge in [-0.05, 0) is 67.4 Å². The number of allylic oxidation sites excluding steroid dienone is 8. The molecule has 4 heteroatoms. The van der Waals surface area contributed by atoms with Crippen molar-refractivity contribution in [3.8, 4) is 0 Å². The zero-order valence-electron chi connectivity index (χ0n) is 21.9. The first-order chi connectivity index (χ1) is 16.6. The molecule has 0 aromatic rings. The van der Waals surface area contributed by atoms with Gasteiger partial charge in [-0.2, -0.15) is 0 Å². The molecule has 0 aromatic carbocycles. The summed E-state index contributed by atoms with van der Waals surface area (Å²) in [5.74, 6) is -0.727. The van der Waals surface area contributed by atoms with E-state index < -0.39 is 11.7 Å². The van der Waals surface area contributed by atoms with Crippen molar-refractivity contribution in [2.75, 3.05) is 7.11 Å². The van der Waals surface area contributed by atoms with Crippen LogP contribution in [0.4, 0.5) is 0 Å². The van der Waals surface area contributed by atoms with Crippen LogP contribution in [0.5, 0.6) is 0 Å². The number of carbonyl (C=O) groups excluding carboxylic acids is 3. The molecule has 0 aliphatic heterocycles. The van der Waals surface area contributed by atoms with E-state index in [0.29, 0.717) is 17.9 Å². The molecule has 4 rings (SSSR count). The molecule has 188 valence electrons. The Kier molecular flexibility index (Phi) is 7.61. The minimum atomic E-state index is -0.439. The standard InChI is InChI=1S/C31H40O4/c1-19(2)28(32)30(34)24-11-10-23-16-27(35-5)26(17-25(23)24)29(33)22-12-14-31(4,15-13-22)18-21-8-6-20(3)7-9-21/h6,8-9,11,16-17,19-20,22,26-27H,7,10,12-15,18H2,1-5H3. The van der Waals surface area contributed by atoms with Gasteiger partial charge in [-0.3, -0.25) is 14.4 Å². The van der Waals surface area contributed by atoms with Gasteiger partial charge in [0.2, 0.25) is 11.6 Å². The molecule has 1 fully saturated rings. The van der Waals surface area contributed by atoms with E-state index in [1.165, 1.54) is 5.57 Å². The normalized spacial score (nSPS) is 32.4. The number of fused-ring (bicyclic) bond motifs is 1. The summed E-state index contributed by atoms with van der Waals surface area (Å²) in [7, 11) is 1.64. The molecular formula is C31H40O4. The van der Waals surface area contributed by atoms with Crippen LogP contribution in [-0.2, 0) is 19.1 Å². The molecule has 4 aliphatic carbocycles. The molecule has 0 N–H and O–H groups in total. The van der Waals surface area contributed by atoms with Crippen molar-refractivity contribution in [1.82, 2.24) is 0 Å². The number of rotatable bonds is 8. The Balaban J connectivity index is 1.45. The maximum atomic E-state index is 13.7. The Morgan fingerprint density at radius 2 is 1.83 bits per heavy atom. The first-order valence-electron chi connectivity index (χ1n) is 13.3.